The average molecular weight is 326 g/mol. The highest BCUT2D eigenvalue weighted by Crippen LogP contribution is 2.23. The number of halogens is 1. The third-order valence-corrected chi connectivity index (χ3v) is 3.37. The topological polar surface area (TPSA) is 95.8 Å². The second-order valence-electron chi connectivity index (χ2n) is 4.28. The molecule has 8 heteroatoms. The summed E-state index contributed by atoms with van der Waals surface area (Å²) in [7, 11) is 0. The van der Waals surface area contributed by atoms with Crippen molar-refractivity contribution < 1.29 is 9.21 Å². The number of aromatic nitrogens is 3. The minimum atomic E-state index is -0.319. The van der Waals surface area contributed by atoms with Gasteiger partial charge in [0.05, 0.1) is 6.04 Å². The van der Waals surface area contributed by atoms with Crippen LogP contribution in [0.25, 0.3) is 0 Å². The fraction of sp³-hybridized carbons (Fsp3) is 0.364. The molecule has 0 saturated carbocycles. The van der Waals surface area contributed by atoms with Gasteiger partial charge in [-0.25, -0.2) is 0 Å². The number of hydrogen-bond acceptors (Lipinski definition) is 5. The van der Waals surface area contributed by atoms with Crippen molar-refractivity contribution in [2.24, 2.45) is 0 Å². The molecule has 1 unspecified atom stereocenters. The number of carbonyl (C=O) groups excluding carboxylic acids is 1. The molecule has 1 aliphatic rings. The van der Waals surface area contributed by atoms with Crippen LogP contribution in [-0.4, -0.2) is 27.6 Å². The molecule has 3 rings (SSSR count). The first-order valence-electron chi connectivity index (χ1n) is 5.94. The molecular weight excluding hydrogens is 314 g/mol. The van der Waals surface area contributed by atoms with E-state index in [4.69, 9.17) is 4.42 Å². The molecule has 2 aromatic heterocycles. The zero-order valence-corrected chi connectivity index (χ0v) is 11.5. The summed E-state index contributed by atoms with van der Waals surface area (Å²) in [5, 5.41) is 13.6. The van der Waals surface area contributed by atoms with E-state index in [0.29, 0.717) is 11.6 Å². The summed E-state index contributed by atoms with van der Waals surface area (Å²) in [6, 6.07) is 1.88. The fourth-order valence-electron chi connectivity index (χ4n) is 1.98. The Morgan fingerprint density at radius 1 is 1.53 bits per heavy atom. The van der Waals surface area contributed by atoms with Crippen LogP contribution in [0.15, 0.2) is 21.2 Å². The van der Waals surface area contributed by atoms with Crippen LogP contribution in [-0.2, 0) is 0 Å². The van der Waals surface area contributed by atoms with E-state index in [0.717, 1.165) is 23.9 Å². The molecular formula is C11H12BrN5O2. The lowest BCUT2D eigenvalue weighted by Crippen LogP contribution is -2.13. The predicted octanol–water partition coefficient (Wildman–Crippen LogP) is 1.84. The van der Waals surface area contributed by atoms with E-state index in [1.165, 1.54) is 0 Å². The maximum atomic E-state index is 11.9. The maximum absolute atomic E-state index is 11.9. The van der Waals surface area contributed by atoms with Gasteiger partial charge in [0.2, 0.25) is 5.89 Å². The van der Waals surface area contributed by atoms with Gasteiger partial charge >= 0.3 is 6.01 Å². The van der Waals surface area contributed by atoms with Crippen LogP contribution in [0.2, 0.25) is 0 Å². The summed E-state index contributed by atoms with van der Waals surface area (Å²) in [4.78, 5) is 14.7. The van der Waals surface area contributed by atoms with Crippen molar-refractivity contribution in [1.29, 1.82) is 0 Å². The molecule has 1 amide bonds. The molecule has 7 nitrogen and oxygen atoms in total. The summed E-state index contributed by atoms with van der Waals surface area (Å²) in [6.07, 6.45) is 3.74. The Kier molecular flexibility index (Phi) is 3.34. The van der Waals surface area contributed by atoms with Crippen LogP contribution in [0.4, 0.5) is 6.01 Å². The number of nitrogens with zero attached hydrogens (tertiary/aromatic N) is 2. The zero-order valence-electron chi connectivity index (χ0n) is 9.94. The Bertz CT molecular complexity index is 587. The lowest BCUT2D eigenvalue weighted by molar-refractivity contribution is 0.101. The summed E-state index contributed by atoms with van der Waals surface area (Å²) in [5.41, 5.74) is 0.422. The maximum Gasteiger partial charge on any atom is 0.322 e. The second-order valence-corrected chi connectivity index (χ2v) is 5.20. The Labute approximate surface area is 117 Å². The largest absolute Gasteiger partial charge is 0.406 e. The first kappa shape index (κ1) is 12.4. The summed E-state index contributed by atoms with van der Waals surface area (Å²) >= 11 is 3.26. The van der Waals surface area contributed by atoms with Gasteiger partial charge in [0.1, 0.15) is 5.69 Å². The molecule has 0 aromatic carbocycles. The highest BCUT2D eigenvalue weighted by Gasteiger charge is 2.22. The van der Waals surface area contributed by atoms with Crippen molar-refractivity contribution in [3.05, 3.63) is 28.3 Å². The molecule has 1 saturated heterocycles. The van der Waals surface area contributed by atoms with Gasteiger partial charge in [0.15, 0.2) is 0 Å². The van der Waals surface area contributed by atoms with Crippen molar-refractivity contribution >= 4 is 27.9 Å². The molecule has 0 aliphatic carbocycles. The molecule has 0 bridgehead atoms. The zero-order chi connectivity index (χ0) is 13.2. The Hall–Kier alpha value is -1.67. The number of aromatic amines is 1. The Balaban J connectivity index is 1.68. The van der Waals surface area contributed by atoms with E-state index in [2.05, 4.69) is 41.7 Å². The standard InChI is InChI=1S/C11H12BrN5O2/c12-6-4-8(14-5-6)9(18)15-11-17-16-10(19-11)7-2-1-3-13-7/h4-5,7,13-14H,1-3H2,(H,15,17,18). The van der Waals surface area contributed by atoms with E-state index < -0.39 is 0 Å². The molecule has 1 atom stereocenters. The van der Waals surface area contributed by atoms with Crippen LogP contribution < -0.4 is 10.6 Å². The van der Waals surface area contributed by atoms with Crippen LogP contribution in [0.1, 0.15) is 35.3 Å². The number of H-pyrrole nitrogens is 1. The lowest BCUT2D eigenvalue weighted by Gasteiger charge is -2.02. The minimum absolute atomic E-state index is 0.0952. The van der Waals surface area contributed by atoms with Gasteiger partial charge in [0, 0.05) is 10.7 Å². The second kappa shape index (κ2) is 5.14. The van der Waals surface area contributed by atoms with Gasteiger partial charge in [0.25, 0.3) is 5.91 Å². The molecule has 2 aromatic rings. The predicted molar refractivity (Wildman–Crippen MR) is 70.7 cm³/mol. The van der Waals surface area contributed by atoms with E-state index in [1.54, 1.807) is 12.3 Å². The average Bonchev–Trinajstić information content (AvgIpc) is 3.07. The van der Waals surface area contributed by atoms with Crippen LogP contribution in [0.5, 0.6) is 0 Å². The van der Waals surface area contributed by atoms with Crippen molar-refractivity contribution in [2.45, 2.75) is 18.9 Å². The van der Waals surface area contributed by atoms with Crippen molar-refractivity contribution in [2.75, 3.05) is 11.9 Å². The Morgan fingerprint density at radius 3 is 3.11 bits per heavy atom. The third-order valence-electron chi connectivity index (χ3n) is 2.91. The van der Waals surface area contributed by atoms with Crippen molar-refractivity contribution in [3.8, 4) is 0 Å². The van der Waals surface area contributed by atoms with Crippen LogP contribution in [0.3, 0.4) is 0 Å². The van der Waals surface area contributed by atoms with Crippen molar-refractivity contribution in [1.82, 2.24) is 20.5 Å². The summed E-state index contributed by atoms with van der Waals surface area (Å²) < 4.78 is 6.23. The number of carbonyl (C=O) groups is 1. The van der Waals surface area contributed by atoms with Gasteiger partial charge in [-0.2, -0.15) is 0 Å². The molecule has 19 heavy (non-hydrogen) atoms. The van der Waals surface area contributed by atoms with E-state index in [1.807, 2.05) is 0 Å². The SMILES string of the molecule is O=C(Nc1nnc(C2CCCN2)o1)c1cc(Br)c[nH]1. The van der Waals surface area contributed by atoms with Gasteiger partial charge in [-0.3, -0.25) is 10.1 Å². The lowest BCUT2D eigenvalue weighted by atomic mass is 10.2. The van der Waals surface area contributed by atoms with Gasteiger partial charge in [-0.05, 0) is 41.4 Å². The number of rotatable bonds is 3. The highest BCUT2D eigenvalue weighted by molar-refractivity contribution is 9.10. The highest BCUT2D eigenvalue weighted by atomic mass is 79.9. The van der Waals surface area contributed by atoms with Crippen LogP contribution in [0, 0.1) is 0 Å². The molecule has 3 N–H and O–H groups in total. The first-order valence-corrected chi connectivity index (χ1v) is 6.74. The fourth-order valence-corrected chi connectivity index (χ4v) is 2.33. The van der Waals surface area contributed by atoms with E-state index >= 15 is 0 Å². The first-order chi connectivity index (χ1) is 9.22. The number of amides is 1. The minimum Gasteiger partial charge on any atom is -0.406 e. The van der Waals surface area contributed by atoms with E-state index in [9.17, 15) is 4.79 Å². The summed E-state index contributed by atoms with van der Waals surface area (Å²) in [5.74, 6) is 0.195. The molecule has 1 fully saturated rings. The van der Waals surface area contributed by atoms with Crippen molar-refractivity contribution in [3.63, 3.8) is 0 Å². The third kappa shape index (κ3) is 2.69. The molecule has 1 aliphatic heterocycles. The summed E-state index contributed by atoms with van der Waals surface area (Å²) in [6.45, 7) is 0.950. The molecule has 0 spiro atoms. The smallest absolute Gasteiger partial charge is 0.322 e. The Morgan fingerprint density at radius 2 is 2.42 bits per heavy atom. The molecule has 0 radical (unpaired) electrons. The normalized spacial score (nSPS) is 18.7. The number of hydrogen-bond donors (Lipinski definition) is 3. The van der Waals surface area contributed by atoms with Gasteiger partial charge in [-0.15, -0.1) is 5.10 Å². The van der Waals surface area contributed by atoms with Gasteiger partial charge in [-0.1, -0.05) is 5.10 Å². The van der Waals surface area contributed by atoms with Gasteiger partial charge < -0.3 is 14.7 Å². The number of anilines is 1. The molecule has 3 heterocycles. The number of nitrogens with one attached hydrogen (secondary N) is 3. The van der Waals surface area contributed by atoms with E-state index in [-0.39, 0.29) is 18.0 Å². The van der Waals surface area contributed by atoms with Crippen LogP contribution >= 0.6 is 15.9 Å². The monoisotopic (exact) mass is 325 g/mol. The molecule has 100 valence electrons. The quantitative estimate of drug-likeness (QED) is 0.800.